The smallest absolute Gasteiger partial charge is 0.253 e. The van der Waals surface area contributed by atoms with E-state index in [2.05, 4.69) is 20.9 Å². The fraction of sp³-hybridized carbons (Fsp3) is 0.333. The highest BCUT2D eigenvalue weighted by Crippen LogP contribution is 2.20. The first kappa shape index (κ1) is 19.1. The van der Waals surface area contributed by atoms with E-state index in [-0.39, 0.29) is 23.9 Å². The lowest BCUT2D eigenvalue weighted by molar-refractivity contribution is -0.122. The number of benzene rings is 2. The van der Waals surface area contributed by atoms with Gasteiger partial charge in [-0.25, -0.2) is 4.68 Å². The first-order chi connectivity index (χ1) is 14.0. The molecule has 1 aromatic heterocycles. The second kappa shape index (κ2) is 8.00. The van der Waals surface area contributed by atoms with Crippen molar-refractivity contribution in [2.24, 2.45) is 0 Å². The van der Waals surface area contributed by atoms with Crippen LogP contribution in [0.15, 0.2) is 48.7 Å². The van der Waals surface area contributed by atoms with Gasteiger partial charge in [-0.2, -0.15) is 0 Å². The van der Waals surface area contributed by atoms with Gasteiger partial charge in [0.25, 0.3) is 5.91 Å². The fourth-order valence-corrected chi connectivity index (χ4v) is 3.71. The summed E-state index contributed by atoms with van der Waals surface area (Å²) in [7, 11) is 3.39. The summed E-state index contributed by atoms with van der Waals surface area (Å²) in [4.78, 5) is 26.2. The van der Waals surface area contributed by atoms with Crippen LogP contribution in [0, 0.1) is 0 Å². The van der Waals surface area contributed by atoms with E-state index in [0.717, 1.165) is 10.8 Å². The van der Waals surface area contributed by atoms with Gasteiger partial charge in [-0.05, 0) is 29.3 Å². The Morgan fingerprint density at radius 2 is 2.03 bits per heavy atom. The normalized spacial score (nSPS) is 18.7. The predicted molar refractivity (Wildman–Crippen MR) is 109 cm³/mol. The van der Waals surface area contributed by atoms with Crippen molar-refractivity contribution in [1.29, 1.82) is 0 Å². The molecule has 0 bridgehead atoms. The van der Waals surface area contributed by atoms with E-state index in [1.165, 1.54) is 0 Å². The third kappa shape index (κ3) is 3.97. The Labute approximate surface area is 168 Å². The fourth-order valence-electron chi connectivity index (χ4n) is 3.71. The molecule has 2 aromatic carbocycles. The Kier molecular flexibility index (Phi) is 5.26. The number of carbonyl (C=O) groups is 2. The summed E-state index contributed by atoms with van der Waals surface area (Å²) in [5.41, 5.74) is 1.36. The number of carbonyl (C=O) groups excluding carboxylic acids is 2. The zero-order valence-electron chi connectivity index (χ0n) is 16.5. The Hall–Kier alpha value is -3.26. The quantitative estimate of drug-likeness (QED) is 0.684. The summed E-state index contributed by atoms with van der Waals surface area (Å²) in [6, 6.07) is 13.5. The lowest BCUT2D eigenvalue weighted by atomic mass is 10.1. The molecule has 0 spiro atoms. The molecular weight excluding hydrogens is 368 g/mol. The molecule has 2 amide bonds. The number of rotatable bonds is 5. The van der Waals surface area contributed by atoms with Crippen molar-refractivity contribution >= 4 is 22.6 Å². The van der Waals surface area contributed by atoms with E-state index in [1.54, 1.807) is 23.7 Å². The summed E-state index contributed by atoms with van der Waals surface area (Å²) in [6.45, 7) is 1.03. The third-order valence-electron chi connectivity index (χ3n) is 5.34. The van der Waals surface area contributed by atoms with Crippen LogP contribution in [0.25, 0.3) is 10.8 Å². The monoisotopic (exact) mass is 392 g/mol. The van der Waals surface area contributed by atoms with Gasteiger partial charge in [0, 0.05) is 26.2 Å². The van der Waals surface area contributed by atoms with E-state index in [9.17, 15) is 9.59 Å². The van der Waals surface area contributed by atoms with Crippen molar-refractivity contribution in [1.82, 2.24) is 30.5 Å². The predicted octanol–water partition coefficient (Wildman–Crippen LogP) is 1.35. The minimum absolute atomic E-state index is 0.0199. The van der Waals surface area contributed by atoms with Crippen molar-refractivity contribution in [3.63, 3.8) is 0 Å². The van der Waals surface area contributed by atoms with E-state index < -0.39 is 0 Å². The van der Waals surface area contributed by atoms with Crippen molar-refractivity contribution in [3.05, 3.63) is 59.9 Å². The molecule has 8 heteroatoms. The van der Waals surface area contributed by atoms with Gasteiger partial charge in [0.15, 0.2) is 0 Å². The number of nitrogens with one attached hydrogen (secondary N) is 2. The molecule has 2 N–H and O–H groups in total. The molecule has 1 fully saturated rings. The van der Waals surface area contributed by atoms with Crippen LogP contribution in [0.2, 0.25) is 0 Å². The van der Waals surface area contributed by atoms with Crippen molar-refractivity contribution in [3.8, 4) is 0 Å². The van der Waals surface area contributed by atoms with Gasteiger partial charge in [-0.1, -0.05) is 35.5 Å². The molecular formula is C21H24N6O2. The lowest BCUT2D eigenvalue weighted by Crippen LogP contribution is -2.38. The zero-order valence-corrected chi connectivity index (χ0v) is 16.5. The van der Waals surface area contributed by atoms with E-state index >= 15 is 0 Å². The number of fused-ring (bicyclic) bond motifs is 1. The van der Waals surface area contributed by atoms with Crippen molar-refractivity contribution < 1.29 is 9.59 Å². The Morgan fingerprint density at radius 1 is 1.24 bits per heavy atom. The van der Waals surface area contributed by atoms with Crippen LogP contribution in [-0.4, -0.2) is 58.4 Å². The van der Waals surface area contributed by atoms with E-state index in [0.29, 0.717) is 30.8 Å². The van der Waals surface area contributed by atoms with Crippen LogP contribution >= 0.6 is 0 Å². The summed E-state index contributed by atoms with van der Waals surface area (Å²) in [6.07, 6.45) is 2.51. The van der Waals surface area contributed by atoms with Gasteiger partial charge in [0.1, 0.15) is 5.69 Å². The maximum Gasteiger partial charge on any atom is 0.253 e. The van der Waals surface area contributed by atoms with Gasteiger partial charge >= 0.3 is 0 Å². The average molecular weight is 392 g/mol. The molecule has 4 rings (SSSR count). The zero-order chi connectivity index (χ0) is 20.4. The summed E-state index contributed by atoms with van der Waals surface area (Å²) in [5.74, 6) is -0.0823. The van der Waals surface area contributed by atoms with Crippen LogP contribution in [-0.2, 0) is 11.3 Å². The van der Waals surface area contributed by atoms with E-state index in [1.807, 2.05) is 48.7 Å². The number of hydrogen-bond donors (Lipinski definition) is 2. The standard InChI is InChI=1S/C21H24N6O2/c1-22-20(28)19-10-18(11-23-19)27-13-17(24-25-27)12-26(2)21(29)16-8-7-14-5-3-4-6-15(14)9-16/h3-9,13,18-19,23H,10-12H2,1-2H3,(H,22,28)/t18-,19-/m0/s1. The van der Waals surface area contributed by atoms with Gasteiger partial charge in [-0.3, -0.25) is 9.59 Å². The summed E-state index contributed by atoms with van der Waals surface area (Å²) in [5, 5.41) is 16.4. The van der Waals surface area contributed by atoms with Gasteiger partial charge in [0.2, 0.25) is 5.91 Å². The second-order valence-electron chi connectivity index (χ2n) is 7.38. The molecule has 0 unspecified atom stereocenters. The molecule has 3 aromatic rings. The second-order valence-corrected chi connectivity index (χ2v) is 7.38. The van der Waals surface area contributed by atoms with Gasteiger partial charge in [-0.15, -0.1) is 5.10 Å². The Balaban J connectivity index is 1.41. The molecule has 0 saturated carbocycles. The molecule has 0 aliphatic carbocycles. The van der Waals surface area contributed by atoms with Gasteiger partial charge < -0.3 is 15.5 Å². The highest BCUT2D eigenvalue weighted by molar-refractivity contribution is 5.98. The first-order valence-electron chi connectivity index (χ1n) is 9.65. The van der Waals surface area contributed by atoms with Crippen LogP contribution < -0.4 is 10.6 Å². The maximum atomic E-state index is 12.8. The average Bonchev–Trinajstić information content (AvgIpc) is 3.42. The van der Waals surface area contributed by atoms with Crippen molar-refractivity contribution in [2.75, 3.05) is 20.6 Å². The maximum absolute atomic E-state index is 12.8. The number of nitrogens with zero attached hydrogens (tertiary/aromatic N) is 4. The van der Waals surface area contributed by atoms with Crippen LogP contribution in [0.3, 0.4) is 0 Å². The molecule has 150 valence electrons. The Bertz CT molecular complexity index is 1050. The number of likely N-dealkylation sites (N-methyl/N-ethyl adjacent to an activating group) is 1. The largest absolute Gasteiger partial charge is 0.358 e. The van der Waals surface area contributed by atoms with E-state index in [4.69, 9.17) is 0 Å². The van der Waals surface area contributed by atoms with Crippen molar-refractivity contribution in [2.45, 2.75) is 25.0 Å². The number of amides is 2. The topological polar surface area (TPSA) is 92.2 Å². The molecule has 1 aliphatic heterocycles. The molecule has 2 atom stereocenters. The molecule has 0 radical (unpaired) electrons. The lowest BCUT2D eigenvalue weighted by Gasteiger charge is -2.16. The number of aromatic nitrogens is 3. The summed E-state index contributed by atoms with van der Waals surface area (Å²) >= 11 is 0. The summed E-state index contributed by atoms with van der Waals surface area (Å²) < 4.78 is 1.78. The minimum atomic E-state index is -0.213. The highest BCUT2D eigenvalue weighted by Gasteiger charge is 2.30. The molecule has 29 heavy (non-hydrogen) atoms. The highest BCUT2D eigenvalue weighted by atomic mass is 16.2. The van der Waals surface area contributed by atoms with Crippen LogP contribution in [0.4, 0.5) is 0 Å². The van der Waals surface area contributed by atoms with Gasteiger partial charge in [0.05, 0.1) is 24.8 Å². The minimum Gasteiger partial charge on any atom is -0.358 e. The molecule has 1 saturated heterocycles. The van der Waals surface area contributed by atoms with Crippen LogP contribution in [0.1, 0.15) is 28.5 Å². The Morgan fingerprint density at radius 3 is 2.83 bits per heavy atom. The molecule has 2 heterocycles. The third-order valence-corrected chi connectivity index (χ3v) is 5.34. The number of hydrogen-bond acceptors (Lipinski definition) is 5. The first-order valence-corrected chi connectivity index (χ1v) is 9.65. The SMILES string of the molecule is CNC(=O)[C@@H]1C[C@H](n2cc(CN(C)C(=O)c3ccc4ccccc4c3)nn2)CN1. The van der Waals surface area contributed by atoms with Crippen LogP contribution in [0.5, 0.6) is 0 Å². The molecule has 1 aliphatic rings. The molecule has 8 nitrogen and oxygen atoms in total.